The minimum atomic E-state index is 0.195. The van der Waals surface area contributed by atoms with Crippen LogP contribution in [0.3, 0.4) is 0 Å². The van der Waals surface area contributed by atoms with Crippen LogP contribution in [-0.4, -0.2) is 34.1 Å². The van der Waals surface area contributed by atoms with Gasteiger partial charge in [-0.2, -0.15) is 5.10 Å². The maximum Gasteiger partial charge on any atom is 0.145 e. The minimum Gasteiger partial charge on any atom is -0.489 e. The molecule has 1 unspecified atom stereocenters. The molecule has 4 rings (SSSR count). The van der Waals surface area contributed by atoms with E-state index in [-0.39, 0.29) is 6.10 Å². The quantitative estimate of drug-likeness (QED) is 0.737. The summed E-state index contributed by atoms with van der Waals surface area (Å²) >= 11 is 0. The van der Waals surface area contributed by atoms with Gasteiger partial charge in [0.2, 0.25) is 0 Å². The Labute approximate surface area is 141 Å². The molecule has 1 aromatic carbocycles. The van der Waals surface area contributed by atoms with Crippen molar-refractivity contribution < 1.29 is 9.47 Å². The SMILES string of the molecule is Cc1cc(-c2ccn(C)n2)nc2c(OCC3CCCO3)cccc12. The number of ether oxygens (including phenoxy) is 2. The molecule has 0 aliphatic carbocycles. The Morgan fingerprint density at radius 1 is 1.29 bits per heavy atom. The Morgan fingerprint density at radius 3 is 2.96 bits per heavy atom. The Balaban J connectivity index is 1.72. The molecule has 3 aromatic rings. The zero-order valence-electron chi connectivity index (χ0n) is 14.0. The highest BCUT2D eigenvalue weighted by atomic mass is 16.5. The van der Waals surface area contributed by atoms with E-state index in [0.717, 1.165) is 47.5 Å². The van der Waals surface area contributed by atoms with E-state index in [1.165, 1.54) is 5.56 Å². The zero-order valence-corrected chi connectivity index (χ0v) is 14.0. The van der Waals surface area contributed by atoms with Gasteiger partial charge in [0.1, 0.15) is 23.6 Å². The lowest BCUT2D eigenvalue weighted by atomic mass is 10.1. The number of hydrogen-bond acceptors (Lipinski definition) is 4. The smallest absolute Gasteiger partial charge is 0.145 e. The summed E-state index contributed by atoms with van der Waals surface area (Å²) in [5.41, 5.74) is 3.80. The highest BCUT2D eigenvalue weighted by Crippen LogP contribution is 2.30. The second-order valence-corrected chi connectivity index (χ2v) is 6.30. The molecule has 5 nitrogen and oxygen atoms in total. The molecule has 1 fully saturated rings. The van der Waals surface area contributed by atoms with E-state index < -0.39 is 0 Å². The average Bonchev–Trinajstić information content (AvgIpc) is 3.24. The molecule has 3 heterocycles. The molecule has 0 N–H and O–H groups in total. The van der Waals surface area contributed by atoms with Gasteiger partial charge in [-0.05, 0) is 43.5 Å². The molecule has 1 saturated heterocycles. The van der Waals surface area contributed by atoms with Gasteiger partial charge in [-0.3, -0.25) is 4.68 Å². The first kappa shape index (κ1) is 15.1. The lowest BCUT2D eigenvalue weighted by molar-refractivity contribution is 0.0684. The Bertz CT molecular complexity index is 866. The predicted molar refractivity (Wildman–Crippen MR) is 93.2 cm³/mol. The van der Waals surface area contributed by atoms with Crippen LogP contribution < -0.4 is 4.74 Å². The van der Waals surface area contributed by atoms with Crippen LogP contribution in [0, 0.1) is 6.92 Å². The van der Waals surface area contributed by atoms with Crippen molar-refractivity contribution in [1.29, 1.82) is 0 Å². The molecule has 1 aliphatic heterocycles. The summed E-state index contributed by atoms with van der Waals surface area (Å²) in [4.78, 5) is 4.82. The number of benzene rings is 1. The molecular weight excluding hydrogens is 302 g/mol. The molecule has 24 heavy (non-hydrogen) atoms. The van der Waals surface area contributed by atoms with Crippen molar-refractivity contribution in [1.82, 2.24) is 14.8 Å². The van der Waals surface area contributed by atoms with Crippen LogP contribution in [-0.2, 0) is 11.8 Å². The normalized spacial score (nSPS) is 17.5. The highest BCUT2D eigenvalue weighted by molar-refractivity contribution is 5.89. The van der Waals surface area contributed by atoms with Gasteiger partial charge in [0, 0.05) is 25.2 Å². The van der Waals surface area contributed by atoms with Crippen molar-refractivity contribution in [3.63, 3.8) is 0 Å². The fraction of sp³-hybridized carbons (Fsp3) is 0.368. The maximum atomic E-state index is 6.04. The van der Waals surface area contributed by atoms with Crippen LogP contribution in [0.5, 0.6) is 5.75 Å². The van der Waals surface area contributed by atoms with Gasteiger partial charge in [-0.15, -0.1) is 0 Å². The summed E-state index contributed by atoms with van der Waals surface area (Å²) in [6.07, 6.45) is 4.30. The Hall–Kier alpha value is -2.40. The van der Waals surface area contributed by atoms with Gasteiger partial charge in [-0.25, -0.2) is 4.98 Å². The number of para-hydroxylation sites is 1. The summed E-state index contributed by atoms with van der Waals surface area (Å²) < 4.78 is 13.5. The van der Waals surface area contributed by atoms with E-state index in [4.69, 9.17) is 14.5 Å². The van der Waals surface area contributed by atoms with Crippen LogP contribution >= 0.6 is 0 Å². The van der Waals surface area contributed by atoms with E-state index in [1.54, 1.807) is 4.68 Å². The van der Waals surface area contributed by atoms with E-state index in [9.17, 15) is 0 Å². The molecular formula is C19H21N3O2. The summed E-state index contributed by atoms with van der Waals surface area (Å²) in [7, 11) is 1.91. The molecule has 0 spiro atoms. The van der Waals surface area contributed by atoms with Crippen LogP contribution in [0.15, 0.2) is 36.5 Å². The Kier molecular flexibility index (Phi) is 3.94. The lowest BCUT2D eigenvalue weighted by Gasteiger charge is -2.14. The fourth-order valence-electron chi connectivity index (χ4n) is 3.15. The average molecular weight is 323 g/mol. The maximum absolute atomic E-state index is 6.04. The number of rotatable bonds is 4. The fourth-order valence-corrected chi connectivity index (χ4v) is 3.15. The number of nitrogens with zero attached hydrogens (tertiary/aromatic N) is 3. The van der Waals surface area contributed by atoms with Gasteiger partial charge in [-0.1, -0.05) is 12.1 Å². The minimum absolute atomic E-state index is 0.195. The molecule has 0 radical (unpaired) electrons. The molecule has 0 amide bonds. The van der Waals surface area contributed by atoms with Crippen LogP contribution in [0.25, 0.3) is 22.3 Å². The van der Waals surface area contributed by atoms with Gasteiger partial charge in [0.05, 0.1) is 11.8 Å². The molecule has 0 bridgehead atoms. The van der Waals surface area contributed by atoms with Crippen LogP contribution in [0.4, 0.5) is 0 Å². The van der Waals surface area contributed by atoms with Crippen LogP contribution in [0.1, 0.15) is 18.4 Å². The third kappa shape index (κ3) is 2.87. The van der Waals surface area contributed by atoms with E-state index in [0.29, 0.717) is 6.61 Å². The summed E-state index contributed by atoms with van der Waals surface area (Å²) in [6, 6.07) is 10.1. The Morgan fingerprint density at radius 2 is 2.21 bits per heavy atom. The van der Waals surface area contributed by atoms with Crippen molar-refractivity contribution in [3.05, 3.63) is 42.1 Å². The van der Waals surface area contributed by atoms with Crippen molar-refractivity contribution >= 4 is 10.9 Å². The van der Waals surface area contributed by atoms with Gasteiger partial charge in [0.25, 0.3) is 0 Å². The molecule has 1 atom stereocenters. The highest BCUT2D eigenvalue weighted by Gasteiger charge is 2.17. The molecule has 124 valence electrons. The number of hydrogen-bond donors (Lipinski definition) is 0. The number of pyridine rings is 1. The molecule has 0 saturated carbocycles. The zero-order chi connectivity index (χ0) is 16.5. The summed E-state index contributed by atoms with van der Waals surface area (Å²) in [5, 5.41) is 5.57. The standard InChI is InChI=1S/C19H21N3O2/c1-13-11-17(16-8-9-22(2)21-16)20-19-15(13)6-3-7-18(19)24-12-14-5-4-10-23-14/h3,6-9,11,14H,4-5,10,12H2,1-2H3. The molecule has 2 aromatic heterocycles. The largest absolute Gasteiger partial charge is 0.489 e. The molecule has 5 heteroatoms. The summed E-state index contributed by atoms with van der Waals surface area (Å²) in [5.74, 6) is 0.809. The van der Waals surface area contributed by atoms with Crippen molar-refractivity contribution in [2.75, 3.05) is 13.2 Å². The van der Waals surface area contributed by atoms with Crippen molar-refractivity contribution in [2.24, 2.45) is 7.05 Å². The number of aromatic nitrogens is 3. The van der Waals surface area contributed by atoms with Gasteiger partial charge in [0.15, 0.2) is 0 Å². The first-order valence-corrected chi connectivity index (χ1v) is 8.35. The lowest BCUT2D eigenvalue weighted by Crippen LogP contribution is -2.16. The second kappa shape index (κ2) is 6.24. The van der Waals surface area contributed by atoms with E-state index in [2.05, 4.69) is 24.2 Å². The monoisotopic (exact) mass is 323 g/mol. The molecule has 1 aliphatic rings. The topological polar surface area (TPSA) is 49.2 Å². The van der Waals surface area contributed by atoms with E-state index in [1.807, 2.05) is 31.4 Å². The number of aryl methyl sites for hydroxylation is 2. The van der Waals surface area contributed by atoms with E-state index >= 15 is 0 Å². The third-order valence-electron chi connectivity index (χ3n) is 4.43. The van der Waals surface area contributed by atoms with Crippen molar-refractivity contribution in [3.8, 4) is 17.1 Å². The second-order valence-electron chi connectivity index (χ2n) is 6.30. The number of fused-ring (bicyclic) bond motifs is 1. The third-order valence-corrected chi connectivity index (χ3v) is 4.43. The van der Waals surface area contributed by atoms with Crippen molar-refractivity contribution in [2.45, 2.75) is 25.9 Å². The van der Waals surface area contributed by atoms with Gasteiger partial charge < -0.3 is 9.47 Å². The van der Waals surface area contributed by atoms with Gasteiger partial charge >= 0.3 is 0 Å². The van der Waals surface area contributed by atoms with Crippen LogP contribution in [0.2, 0.25) is 0 Å². The summed E-state index contributed by atoms with van der Waals surface area (Å²) in [6.45, 7) is 3.51. The first-order valence-electron chi connectivity index (χ1n) is 8.35. The first-order chi connectivity index (χ1) is 11.7. The predicted octanol–water partition coefficient (Wildman–Crippen LogP) is 3.50.